The second-order valence-corrected chi connectivity index (χ2v) is 5.22. The fourth-order valence-corrected chi connectivity index (χ4v) is 2.20. The Bertz CT molecular complexity index is 712. The van der Waals surface area contributed by atoms with Crippen LogP contribution in [0.5, 0.6) is 11.5 Å². The third kappa shape index (κ3) is 5.53. The number of rotatable bonds is 8. The van der Waals surface area contributed by atoms with Crippen LogP contribution in [0.15, 0.2) is 48.5 Å². The van der Waals surface area contributed by atoms with E-state index in [0.29, 0.717) is 18.7 Å². The highest BCUT2D eigenvalue weighted by Gasteiger charge is 2.13. The molecule has 2 aromatic carbocycles. The van der Waals surface area contributed by atoms with Gasteiger partial charge < -0.3 is 19.5 Å². The number of nitrogens with one attached hydrogen (secondary N) is 1. The van der Waals surface area contributed by atoms with E-state index in [0.717, 1.165) is 11.3 Å². The van der Waals surface area contributed by atoms with Crippen LogP contribution in [-0.2, 0) is 16.0 Å². The highest BCUT2D eigenvalue weighted by Crippen LogP contribution is 2.18. The number of amides is 1. The zero-order chi connectivity index (χ0) is 18.1. The molecule has 0 spiro atoms. The van der Waals surface area contributed by atoms with E-state index in [-0.39, 0.29) is 18.1 Å². The molecule has 0 bridgehead atoms. The lowest BCUT2D eigenvalue weighted by molar-refractivity contribution is -0.123. The van der Waals surface area contributed by atoms with Gasteiger partial charge in [-0.15, -0.1) is 0 Å². The summed E-state index contributed by atoms with van der Waals surface area (Å²) in [7, 11) is 2.92. The van der Waals surface area contributed by atoms with Gasteiger partial charge in [0.15, 0.2) is 6.61 Å². The number of benzene rings is 2. The van der Waals surface area contributed by atoms with Gasteiger partial charge in [0.05, 0.1) is 14.2 Å². The van der Waals surface area contributed by atoms with Gasteiger partial charge in [-0.25, -0.2) is 4.79 Å². The summed E-state index contributed by atoms with van der Waals surface area (Å²) >= 11 is 0. The van der Waals surface area contributed by atoms with Crippen LogP contribution < -0.4 is 14.8 Å². The van der Waals surface area contributed by atoms with Crippen molar-refractivity contribution in [2.24, 2.45) is 0 Å². The van der Waals surface area contributed by atoms with E-state index in [4.69, 9.17) is 9.47 Å². The molecule has 25 heavy (non-hydrogen) atoms. The van der Waals surface area contributed by atoms with Crippen molar-refractivity contribution in [3.8, 4) is 11.5 Å². The number of para-hydroxylation sites is 1. The topological polar surface area (TPSA) is 73.9 Å². The van der Waals surface area contributed by atoms with Crippen LogP contribution >= 0.6 is 0 Å². The van der Waals surface area contributed by atoms with Crippen molar-refractivity contribution in [3.63, 3.8) is 0 Å². The number of carbonyl (C=O) groups excluding carboxylic acids is 2. The Hall–Kier alpha value is -3.02. The molecule has 2 aromatic rings. The van der Waals surface area contributed by atoms with Crippen molar-refractivity contribution in [1.82, 2.24) is 5.32 Å². The van der Waals surface area contributed by atoms with E-state index in [1.807, 2.05) is 24.3 Å². The number of esters is 1. The first-order chi connectivity index (χ1) is 12.1. The first kappa shape index (κ1) is 18.3. The largest absolute Gasteiger partial charge is 0.497 e. The SMILES string of the molecule is COC(=O)c1ccccc1OCC(=O)NCCc1ccc(OC)cc1. The predicted octanol–water partition coefficient (Wildman–Crippen LogP) is 2.22. The summed E-state index contributed by atoms with van der Waals surface area (Å²) in [6, 6.07) is 14.3. The maximum absolute atomic E-state index is 11.9. The lowest BCUT2D eigenvalue weighted by Crippen LogP contribution is -2.30. The van der Waals surface area contributed by atoms with Crippen molar-refractivity contribution in [2.45, 2.75) is 6.42 Å². The Labute approximate surface area is 146 Å². The molecule has 0 atom stereocenters. The summed E-state index contributed by atoms with van der Waals surface area (Å²) in [5.41, 5.74) is 1.38. The highest BCUT2D eigenvalue weighted by molar-refractivity contribution is 5.92. The monoisotopic (exact) mass is 343 g/mol. The van der Waals surface area contributed by atoms with Crippen molar-refractivity contribution in [2.75, 3.05) is 27.4 Å². The van der Waals surface area contributed by atoms with Gasteiger partial charge >= 0.3 is 5.97 Å². The van der Waals surface area contributed by atoms with Gasteiger partial charge in [0.2, 0.25) is 0 Å². The quantitative estimate of drug-likeness (QED) is 0.744. The molecule has 0 aliphatic carbocycles. The maximum Gasteiger partial charge on any atom is 0.341 e. The molecular weight excluding hydrogens is 322 g/mol. The molecule has 0 radical (unpaired) electrons. The zero-order valence-electron chi connectivity index (χ0n) is 14.3. The van der Waals surface area contributed by atoms with Crippen LogP contribution in [0.2, 0.25) is 0 Å². The van der Waals surface area contributed by atoms with E-state index >= 15 is 0 Å². The zero-order valence-corrected chi connectivity index (χ0v) is 14.3. The van der Waals surface area contributed by atoms with Crippen LogP contribution in [0.1, 0.15) is 15.9 Å². The Kier molecular flexibility index (Phi) is 6.83. The third-order valence-electron chi connectivity index (χ3n) is 3.55. The average molecular weight is 343 g/mol. The second kappa shape index (κ2) is 9.32. The van der Waals surface area contributed by atoms with Gasteiger partial charge in [-0.3, -0.25) is 4.79 Å². The summed E-state index contributed by atoms with van der Waals surface area (Å²) in [5, 5.41) is 2.78. The summed E-state index contributed by atoms with van der Waals surface area (Å²) in [4.78, 5) is 23.5. The second-order valence-electron chi connectivity index (χ2n) is 5.22. The summed E-state index contributed by atoms with van der Waals surface area (Å²) in [5.74, 6) is 0.355. The van der Waals surface area contributed by atoms with Gasteiger partial charge in [-0.1, -0.05) is 24.3 Å². The Morgan fingerprint density at radius 2 is 1.72 bits per heavy atom. The number of ether oxygens (including phenoxy) is 3. The Balaban J connectivity index is 1.78. The van der Waals surface area contributed by atoms with Crippen molar-refractivity contribution in [3.05, 3.63) is 59.7 Å². The van der Waals surface area contributed by atoms with E-state index in [9.17, 15) is 9.59 Å². The Morgan fingerprint density at radius 3 is 2.40 bits per heavy atom. The summed E-state index contributed by atoms with van der Waals surface area (Å²) in [6.45, 7) is 0.323. The molecule has 6 nitrogen and oxygen atoms in total. The molecule has 0 saturated carbocycles. The van der Waals surface area contributed by atoms with E-state index in [1.165, 1.54) is 7.11 Å². The van der Waals surface area contributed by atoms with E-state index in [2.05, 4.69) is 10.1 Å². The molecule has 0 unspecified atom stereocenters. The minimum Gasteiger partial charge on any atom is -0.497 e. The number of hydrogen-bond acceptors (Lipinski definition) is 5. The van der Waals surface area contributed by atoms with Gasteiger partial charge in [0.25, 0.3) is 5.91 Å². The van der Waals surface area contributed by atoms with Gasteiger partial charge in [-0.2, -0.15) is 0 Å². The molecule has 2 rings (SSSR count). The molecule has 1 amide bonds. The molecule has 1 N–H and O–H groups in total. The number of hydrogen-bond donors (Lipinski definition) is 1. The smallest absolute Gasteiger partial charge is 0.341 e. The summed E-state index contributed by atoms with van der Waals surface area (Å²) < 4.78 is 15.2. The van der Waals surface area contributed by atoms with E-state index < -0.39 is 5.97 Å². The van der Waals surface area contributed by atoms with Gasteiger partial charge in [0, 0.05) is 6.54 Å². The standard InChI is InChI=1S/C19H21NO5/c1-23-15-9-7-14(8-10-15)11-12-20-18(21)13-25-17-6-4-3-5-16(17)19(22)24-2/h3-10H,11-13H2,1-2H3,(H,20,21). The minimum absolute atomic E-state index is 0.170. The lowest BCUT2D eigenvalue weighted by atomic mass is 10.1. The molecule has 0 fully saturated rings. The van der Waals surface area contributed by atoms with Crippen LogP contribution in [0.25, 0.3) is 0 Å². The molecule has 0 aliphatic rings. The maximum atomic E-state index is 11.9. The van der Waals surface area contributed by atoms with Crippen molar-refractivity contribution in [1.29, 1.82) is 0 Å². The molecular formula is C19H21NO5. The van der Waals surface area contributed by atoms with Gasteiger partial charge in [0.1, 0.15) is 17.1 Å². The third-order valence-corrected chi connectivity index (χ3v) is 3.55. The molecule has 0 heterocycles. The number of carbonyl (C=O) groups is 2. The predicted molar refractivity (Wildman–Crippen MR) is 93.0 cm³/mol. The molecule has 6 heteroatoms. The fourth-order valence-electron chi connectivity index (χ4n) is 2.20. The van der Waals surface area contributed by atoms with Crippen LogP contribution in [0, 0.1) is 0 Å². The Morgan fingerprint density at radius 1 is 1.00 bits per heavy atom. The molecule has 0 aliphatic heterocycles. The first-order valence-corrected chi connectivity index (χ1v) is 7.84. The van der Waals surface area contributed by atoms with Crippen LogP contribution in [0.3, 0.4) is 0 Å². The average Bonchev–Trinajstić information content (AvgIpc) is 2.66. The summed E-state index contributed by atoms with van der Waals surface area (Å²) in [6.07, 6.45) is 0.703. The lowest BCUT2D eigenvalue weighted by Gasteiger charge is -2.10. The minimum atomic E-state index is -0.504. The van der Waals surface area contributed by atoms with E-state index in [1.54, 1.807) is 31.4 Å². The molecule has 0 aromatic heterocycles. The highest BCUT2D eigenvalue weighted by atomic mass is 16.5. The molecule has 0 saturated heterocycles. The van der Waals surface area contributed by atoms with Crippen LogP contribution in [0.4, 0.5) is 0 Å². The first-order valence-electron chi connectivity index (χ1n) is 7.84. The van der Waals surface area contributed by atoms with Crippen molar-refractivity contribution >= 4 is 11.9 Å². The number of methoxy groups -OCH3 is 2. The van der Waals surface area contributed by atoms with Crippen LogP contribution in [-0.4, -0.2) is 39.2 Å². The molecule has 132 valence electrons. The van der Waals surface area contributed by atoms with Gasteiger partial charge in [-0.05, 0) is 36.2 Å². The normalized spacial score (nSPS) is 10.0. The fraction of sp³-hybridized carbons (Fsp3) is 0.263. The van der Waals surface area contributed by atoms with Crippen molar-refractivity contribution < 1.29 is 23.8 Å².